The van der Waals surface area contributed by atoms with Crippen LogP contribution in [0.4, 0.5) is 18.9 Å². The maximum Gasteiger partial charge on any atom is 0.540 e. The summed E-state index contributed by atoms with van der Waals surface area (Å²) in [6.45, 7) is 0. The smallest absolute Gasteiger partial charge is 0.377 e. The molecule has 0 atom stereocenters. The highest BCUT2D eigenvalue weighted by atomic mass is 32.2. The first kappa shape index (κ1) is 13.6. The molecule has 9 heteroatoms. The summed E-state index contributed by atoms with van der Waals surface area (Å²) in [6.07, 6.45) is 2.14. The van der Waals surface area contributed by atoms with Gasteiger partial charge < -0.3 is 4.90 Å². The predicted octanol–water partition coefficient (Wildman–Crippen LogP) is 0.318. The van der Waals surface area contributed by atoms with E-state index < -0.39 is 15.6 Å². The molecule has 17 heavy (non-hydrogen) atoms. The van der Waals surface area contributed by atoms with Gasteiger partial charge in [-0.2, -0.15) is 21.6 Å². The third-order valence-corrected chi connectivity index (χ3v) is 2.70. The first-order chi connectivity index (χ1) is 7.63. The molecule has 0 aliphatic heterocycles. The van der Waals surface area contributed by atoms with Crippen LogP contribution in [0.1, 0.15) is 0 Å². The summed E-state index contributed by atoms with van der Waals surface area (Å²) < 4.78 is 61.6. The number of pyridine rings is 1. The first-order valence-corrected chi connectivity index (χ1v) is 5.74. The summed E-state index contributed by atoms with van der Waals surface area (Å²) in [6, 6.07) is 2.82. The van der Waals surface area contributed by atoms with Crippen LogP contribution in [0.15, 0.2) is 24.5 Å². The summed E-state index contributed by atoms with van der Waals surface area (Å²) in [4.78, 5) is 1.70. The lowest BCUT2D eigenvalue weighted by atomic mass is 10.4. The lowest BCUT2D eigenvalue weighted by molar-refractivity contribution is -0.857. The lowest BCUT2D eigenvalue weighted by Crippen LogP contribution is -2.49. The Hall–Kier alpha value is -1.51. The second-order valence-electron chi connectivity index (χ2n) is 3.29. The standard InChI is InChI=1S/C8H10F3N2O3S/c1-12(2)7-3-5-13(6-4-7)16-17(14,15)8(9,10)11/h3-6H,1-2H3/q+1. The number of hydrogen-bond donors (Lipinski definition) is 0. The number of alkyl halides is 3. The maximum absolute atomic E-state index is 12.0. The zero-order valence-corrected chi connectivity index (χ0v) is 9.79. The van der Waals surface area contributed by atoms with Gasteiger partial charge in [-0.3, -0.25) is 0 Å². The van der Waals surface area contributed by atoms with Crippen LogP contribution in [0.25, 0.3) is 0 Å². The van der Waals surface area contributed by atoms with Crippen molar-refractivity contribution in [3.8, 4) is 0 Å². The minimum absolute atomic E-state index is 0.468. The monoisotopic (exact) mass is 271 g/mol. The highest BCUT2D eigenvalue weighted by Gasteiger charge is 2.51. The molecule has 1 rings (SSSR count). The van der Waals surface area contributed by atoms with Crippen molar-refractivity contribution in [1.29, 1.82) is 0 Å². The Kier molecular flexibility index (Phi) is 3.51. The molecule has 0 spiro atoms. The van der Waals surface area contributed by atoms with Gasteiger partial charge in [0.1, 0.15) is 0 Å². The molecule has 0 fully saturated rings. The van der Waals surface area contributed by atoms with Crippen LogP contribution < -0.4 is 13.9 Å². The van der Waals surface area contributed by atoms with Crippen LogP contribution in [0, 0.1) is 0 Å². The van der Waals surface area contributed by atoms with Crippen molar-refractivity contribution in [3.63, 3.8) is 0 Å². The molecular weight excluding hydrogens is 261 g/mol. The largest absolute Gasteiger partial charge is 0.540 e. The maximum atomic E-state index is 12.0. The molecule has 0 aliphatic rings. The Morgan fingerprint density at radius 2 is 1.71 bits per heavy atom. The van der Waals surface area contributed by atoms with E-state index in [-0.39, 0.29) is 0 Å². The molecule has 0 aromatic carbocycles. The average molecular weight is 271 g/mol. The number of halogens is 3. The summed E-state index contributed by atoms with van der Waals surface area (Å²) >= 11 is 0. The third-order valence-electron chi connectivity index (χ3n) is 1.77. The molecule has 96 valence electrons. The van der Waals surface area contributed by atoms with E-state index in [0.717, 1.165) is 12.4 Å². The molecule has 0 amide bonds. The average Bonchev–Trinajstić information content (AvgIpc) is 2.16. The highest BCUT2D eigenvalue weighted by molar-refractivity contribution is 7.87. The number of aromatic nitrogens is 1. The summed E-state index contributed by atoms with van der Waals surface area (Å²) in [5.74, 6) is 0. The quantitative estimate of drug-likeness (QED) is 0.587. The van der Waals surface area contributed by atoms with Gasteiger partial charge in [-0.1, -0.05) is 0 Å². The summed E-state index contributed by atoms with van der Waals surface area (Å²) in [5, 5.41) is 0. The molecule has 0 N–H and O–H groups in total. The zero-order valence-electron chi connectivity index (χ0n) is 8.97. The van der Waals surface area contributed by atoms with Gasteiger partial charge >= 0.3 is 15.6 Å². The van der Waals surface area contributed by atoms with Gasteiger partial charge in [0, 0.05) is 36.6 Å². The van der Waals surface area contributed by atoms with Crippen molar-refractivity contribution < 1.29 is 30.6 Å². The molecule has 0 aliphatic carbocycles. The van der Waals surface area contributed by atoms with E-state index in [4.69, 9.17) is 0 Å². The zero-order chi connectivity index (χ0) is 13.3. The molecule has 1 aromatic heterocycles. The fraction of sp³-hybridized carbons (Fsp3) is 0.375. The van der Waals surface area contributed by atoms with Crippen molar-refractivity contribution in [2.75, 3.05) is 19.0 Å². The molecule has 0 bridgehead atoms. The van der Waals surface area contributed by atoms with Crippen molar-refractivity contribution in [1.82, 2.24) is 0 Å². The third kappa shape index (κ3) is 3.22. The van der Waals surface area contributed by atoms with Crippen molar-refractivity contribution >= 4 is 15.8 Å². The van der Waals surface area contributed by atoms with Gasteiger partial charge in [0.15, 0.2) is 0 Å². The molecule has 0 unspecified atom stereocenters. The fourth-order valence-corrected chi connectivity index (χ4v) is 1.32. The van der Waals surface area contributed by atoms with Crippen molar-refractivity contribution in [3.05, 3.63) is 24.5 Å². The number of anilines is 1. The molecule has 1 aromatic rings. The predicted molar refractivity (Wildman–Crippen MR) is 52.5 cm³/mol. The molecular formula is C8H10F3N2O3S+. The molecule has 5 nitrogen and oxygen atoms in total. The van der Waals surface area contributed by atoms with Gasteiger partial charge in [0.05, 0.1) is 0 Å². The minimum Gasteiger partial charge on any atom is -0.377 e. The fourth-order valence-electron chi connectivity index (χ4n) is 0.908. The summed E-state index contributed by atoms with van der Waals surface area (Å²) in [7, 11) is -2.18. The molecule has 0 saturated heterocycles. The topological polar surface area (TPSA) is 50.5 Å². The van der Waals surface area contributed by atoms with E-state index in [1.54, 1.807) is 19.0 Å². The SMILES string of the molecule is CN(C)c1cc[n+](OS(=O)(=O)C(F)(F)F)cc1. The lowest BCUT2D eigenvalue weighted by Gasteiger charge is -2.10. The number of rotatable bonds is 3. The molecule has 0 saturated carbocycles. The molecule has 0 radical (unpaired) electrons. The highest BCUT2D eigenvalue weighted by Crippen LogP contribution is 2.21. The van der Waals surface area contributed by atoms with E-state index in [0.29, 0.717) is 10.4 Å². The van der Waals surface area contributed by atoms with E-state index in [9.17, 15) is 21.6 Å². The van der Waals surface area contributed by atoms with E-state index in [2.05, 4.69) is 4.28 Å². The first-order valence-electron chi connectivity index (χ1n) is 4.33. The Morgan fingerprint density at radius 3 is 2.06 bits per heavy atom. The van der Waals surface area contributed by atoms with Crippen LogP contribution in [0.5, 0.6) is 0 Å². The van der Waals surface area contributed by atoms with Crippen molar-refractivity contribution in [2.45, 2.75) is 5.51 Å². The van der Waals surface area contributed by atoms with Gasteiger partial charge in [-0.05, 0) is 0 Å². The second-order valence-corrected chi connectivity index (χ2v) is 4.81. The van der Waals surface area contributed by atoms with Gasteiger partial charge in [-0.15, -0.1) is 4.28 Å². The minimum atomic E-state index is -5.63. The van der Waals surface area contributed by atoms with E-state index >= 15 is 0 Å². The van der Waals surface area contributed by atoms with Crippen LogP contribution in [0.2, 0.25) is 0 Å². The van der Waals surface area contributed by atoms with Crippen LogP contribution in [0.3, 0.4) is 0 Å². The van der Waals surface area contributed by atoms with Gasteiger partial charge in [0.2, 0.25) is 12.4 Å². The molecule has 1 heterocycles. The summed E-state index contributed by atoms with van der Waals surface area (Å²) in [5.41, 5.74) is -4.76. The number of nitrogens with zero attached hydrogens (tertiary/aromatic N) is 2. The normalized spacial score (nSPS) is 12.3. The Morgan fingerprint density at radius 1 is 1.24 bits per heavy atom. The van der Waals surface area contributed by atoms with Crippen molar-refractivity contribution in [2.24, 2.45) is 0 Å². The van der Waals surface area contributed by atoms with E-state index in [1.807, 2.05) is 0 Å². The van der Waals surface area contributed by atoms with Gasteiger partial charge in [-0.25, -0.2) is 0 Å². The van der Waals surface area contributed by atoms with Gasteiger partial charge in [0.25, 0.3) is 0 Å². The Labute approximate surface area is 96.1 Å². The van der Waals surface area contributed by atoms with Crippen LogP contribution in [-0.2, 0) is 10.1 Å². The number of hydrogen-bond acceptors (Lipinski definition) is 4. The van der Waals surface area contributed by atoms with Crippen LogP contribution >= 0.6 is 0 Å². The van der Waals surface area contributed by atoms with Crippen LogP contribution in [-0.4, -0.2) is 28.0 Å². The second kappa shape index (κ2) is 4.40. The van der Waals surface area contributed by atoms with E-state index in [1.165, 1.54) is 12.1 Å². The Balaban J connectivity index is 2.91. The Bertz CT molecular complexity index is 482.